The van der Waals surface area contributed by atoms with Crippen molar-refractivity contribution in [1.29, 1.82) is 0 Å². The molecule has 0 unspecified atom stereocenters. The Kier molecular flexibility index (Phi) is 6.36. The molecular formula is C21H21N5O3. The van der Waals surface area contributed by atoms with Gasteiger partial charge in [-0.3, -0.25) is 9.59 Å². The van der Waals surface area contributed by atoms with E-state index < -0.39 is 0 Å². The van der Waals surface area contributed by atoms with Gasteiger partial charge in [-0.25, -0.2) is 9.97 Å². The molecule has 148 valence electrons. The van der Waals surface area contributed by atoms with Crippen LogP contribution in [0.5, 0.6) is 5.75 Å². The van der Waals surface area contributed by atoms with Gasteiger partial charge in [0.1, 0.15) is 17.3 Å². The number of rotatable bonds is 7. The van der Waals surface area contributed by atoms with E-state index in [9.17, 15) is 9.59 Å². The molecule has 0 radical (unpaired) electrons. The summed E-state index contributed by atoms with van der Waals surface area (Å²) in [7, 11) is 1.61. The molecule has 8 heteroatoms. The Morgan fingerprint density at radius 1 is 0.931 bits per heavy atom. The predicted molar refractivity (Wildman–Crippen MR) is 110 cm³/mol. The molecule has 0 aliphatic rings. The van der Waals surface area contributed by atoms with Crippen LogP contribution in [0.15, 0.2) is 60.9 Å². The van der Waals surface area contributed by atoms with Crippen molar-refractivity contribution in [2.45, 2.75) is 13.5 Å². The molecule has 0 fully saturated rings. The number of nitrogens with zero attached hydrogens (tertiary/aromatic N) is 2. The summed E-state index contributed by atoms with van der Waals surface area (Å²) >= 11 is 0. The van der Waals surface area contributed by atoms with E-state index in [1.54, 1.807) is 19.2 Å². The molecule has 3 N–H and O–H groups in total. The minimum Gasteiger partial charge on any atom is -0.497 e. The summed E-state index contributed by atoms with van der Waals surface area (Å²) in [6.07, 6.45) is 2.90. The van der Waals surface area contributed by atoms with Crippen molar-refractivity contribution in [1.82, 2.24) is 15.3 Å². The van der Waals surface area contributed by atoms with Gasteiger partial charge < -0.3 is 20.7 Å². The Bertz CT molecular complexity index is 971. The van der Waals surface area contributed by atoms with Crippen molar-refractivity contribution in [2.24, 2.45) is 0 Å². The van der Waals surface area contributed by atoms with Gasteiger partial charge in [0.05, 0.1) is 19.5 Å². The third-order valence-corrected chi connectivity index (χ3v) is 3.97. The SMILES string of the molecule is COc1ccc(CNC(=O)c2cnc(Nc3ccc(NC(C)=O)cc3)cn2)cc1. The fourth-order valence-corrected chi connectivity index (χ4v) is 2.51. The van der Waals surface area contributed by atoms with Gasteiger partial charge in [0.15, 0.2) is 0 Å². The molecule has 3 aromatic rings. The van der Waals surface area contributed by atoms with E-state index in [-0.39, 0.29) is 17.5 Å². The van der Waals surface area contributed by atoms with E-state index >= 15 is 0 Å². The second kappa shape index (κ2) is 9.32. The second-order valence-electron chi connectivity index (χ2n) is 6.20. The molecular weight excluding hydrogens is 370 g/mol. The average molecular weight is 391 g/mol. The monoisotopic (exact) mass is 391 g/mol. The second-order valence-corrected chi connectivity index (χ2v) is 6.20. The maximum atomic E-state index is 12.2. The van der Waals surface area contributed by atoms with Crippen LogP contribution in [0.1, 0.15) is 23.0 Å². The lowest BCUT2D eigenvalue weighted by Crippen LogP contribution is -2.24. The molecule has 0 aliphatic heterocycles. The highest BCUT2D eigenvalue weighted by molar-refractivity contribution is 5.92. The van der Waals surface area contributed by atoms with E-state index in [1.165, 1.54) is 19.3 Å². The van der Waals surface area contributed by atoms with Crippen LogP contribution in [0.4, 0.5) is 17.2 Å². The molecule has 3 rings (SSSR count). The zero-order chi connectivity index (χ0) is 20.6. The zero-order valence-corrected chi connectivity index (χ0v) is 16.1. The van der Waals surface area contributed by atoms with E-state index in [1.807, 2.05) is 36.4 Å². The highest BCUT2D eigenvalue weighted by Crippen LogP contribution is 2.17. The predicted octanol–water partition coefficient (Wildman–Crippen LogP) is 3.12. The molecule has 0 saturated carbocycles. The number of aromatic nitrogens is 2. The van der Waals surface area contributed by atoms with Gasteiger partial charge in [-0.1, -0.05) is 12.1 Å². The standard InChI is InChI=1S/C21H21N5O3/c1-14(27)25-16-5-7-17(8-6-16)26-20-13-22-19(12-23-20)21(28)24-11-15-3-9-18(29-2)10-4-15/h3-10,12-13H,11H2,1-2H3,(H,23,26)(H,24,28)(H,25,27). The number of benzene rings is 2. The molecule has 8 nitrogen and oxygen atoms in total. The molecule has 29 heavy (non-hydrogen) atoms. The van der Waals surface area contributed by atoms with E-state index in [2.05, 4.69) is 25.9 Å². The van der Waals surface area contributed by atoms with Crippen molar-refractivity contribution >= 4 is 29.0 Å². The molecule has 1 aromatic heterocycles. The van der Waals surface area contributed by atoms with Crippen LogP contribution in [0.25, 0.3) is 0 Å². The maximum absolute atomic E-state index is 12.2. The van der Waals surface area contributed by atoms with Crippen LogP contribution in [0.2, 0.25) is 0 Å². The minimum absolute atomic E-state index is 0.127. The molecule has 0 spiro atoms. The van der Waals surface area contributed by atoms with Crippen LogP contribution >= 0.6 is 0 Å². The Morgan fingerprint density at radius 3 is 2.21 bits per heavy atom. The van der Waals surface area contributed by atoms with E-state index in [0.29, 0.717) is 18.1 Å². The van der Waals surface area contributed by atoms with Crippen molar-refractivity contribution < 1.29 is 14.3 Å². The number of amides is 2. The maximum Gasteiger partial charge on any atom is 0.271 e. The van der Waals surface area contributed by atoms with Gasteiger partial charge in [-0.15, -0.1) is 0 Å². The van der Waals surface area contributed by atoms with Crippen molar-refractivity contribution in [2.75, 3.05) is 17.7 Å². The first-order valence-electron chi connectivity index (χ1n) is 8.91. The van der Waals surface area contributed by atoms with E-state index in [0.717, 1.165) is 17.0 Å². The van der Waals surface area contributed by atoms with Gasteiger partial charge in [0.25, 0.3) is 5.91 Å². The third-order valence-electron chi connectivity index (χ3n) is 3.97. The van der Waals surface area contributed by atoms with Crippen LogP contribution in [-0.4, -0.2) is 28.9 Å². The lowest BCUT2D eigenvalue weighted by molar-refractivity contribution is -0.114. The Morgan fingerprint density at radius 2 is 1.62 bits per heavy atom. The highest BCUT2D eigenvalue weighted by Gasteiger charge is 2.08. The fraction of sp³-hybridized carbons (Fsp3) is 0.143. The van der Waals surface area contributed by atoms with Crippen LogP contribution in [0.3, 0.4) is 0 Å². The lowest BCUT2D eigenvalue weighted by Gasteiger charge is -2.08. The summed E-state index contributed by atoms with van der Waals surface area (Å²) in [6, 6.07) is 14.6. The van der Waals surface area contributed by atoms with Gasteiger partial charge in [-0.05, 0) is 42.0 Å². The number of nitrogens with one attached hydrogen (secondary N) is 3. The normalized spacial score (nSPS) is 10.1. The largest absolute Gasteiger partial charge is 0.497 e. The topological polar surface area (TPSA) is 105 Å². The van der Waals surface area contributed by atoms with E-state index in [4.69, 9.17) is 4.74 Å². The number of ether oxygens (including phenoxy) is 1. The van der Waals surface area contributed by atoms with Crippen molar-refractivity contribution in [3.8, 4) is 5.75 Å². The highest BCUT2D eigenvalue weighted by atomic mass is 16.5. The quantitative estimate of drug-likeness (QED) is 0.572. The van der Waals surface area contributed by atoms with Crippen LogP contribution in [0, 0.1) is 0 Å². The Hall–Kier alpha value is -3.94. The number of hydrogen-bond acceptors (Lipinski definition) is 6. The van der Waals surface area contributed by atoms with Crippen LogP contribution < -0.4 is 20.7 Å². The first-order chi connectivity index (χ1) is 14.0. The van der Waals surface area contributed by atoms with Gasteiger partial charge in [-0.2, -0.15) is 0 Å². The molecule has 0 atom stereocenters. The molecule has 2 amide bonds. The lowest BCUT2D eigenvalue weighted by atomic mass is 10.2. The molecule has 2 aromatic carbocycles. The summed E-state index contributed by atoms with van der Waals surface area (Å²) in [4.78, 5) is 31.7. The van der Waals surface area contributed by atoms with Crippen LogP contribution in [-0.2, 0) is 11.3 Å². The minimum atomic E-state index is -0.306. The van der Waals surface area contributed by atoms with Crippen molar-refractivity contribution in [3.05, 3.63) is 72.2 Å². The Labute approximate surface area is 168 Å². The summed E-state index contributed by atoms with van der Waals surface area (Å²) in [5.74, 6) is 0.833. The zero-order valence-electron chi connectivity index (χ0n) is 16.1. The number of hydrogen-bond donors (Lipinski definition) is 3. The van der Waals surface area contributed by atoms with Crippen molar-refractivity contribution in [3.63, 3.8) is 0 Å². The third kappa shape index (κ3) is 5.77. The molecule has 0 saturated heterocycles. The molecule has 1 heterocycles. The number of methoxy groups -OCH3 is 1. The Balaban J connectivity index is 1.54. The number of anilines is 3. The summed E-state index contributed by atoms with van der Waals surface area (Å²) < 4.78 is 5.11. The van der Waals surface area contributed by atoms with Gasteiger partial charge in [0, 0.05) is 24.8 Å². The molecule has 0 bridgehead atoms. The number of carbonyl (C=O) groups is 2. The fourth-order valence-electron chi connectivity index (χ4n) is 2.51. The summed E-state index contributed by atoms with van der Waals surface area (Å²) in [6.45, 7) is 1.83. The summed E-state index contributed by atoms with van der Waals surface area (Å²) in [5.41, 5.74) is 2.67. The summed E-state index contributed by atoms with van der Waals surface area (Å²) in [5, 5.41) is 8.60. The molecule has 0 aliphatic carbocycles. The first kappa shape index (κ1) is 19.8. The van der Waals surface area contributed by atoms with Gasteiger partial charge in [0.2, 0.25) is 5.91 Å². The van der Waals surface area contributed by atoms with Gasteiger partial charge >= 0.3 is 0 Å². The first-order valence-corrected chi connectivity index (χ1v) is 8.91. The number of carbonyl (C=O) groups excluding carboxylic acids is 2. The smallest absolute Gasteiger partial charge is 0.271 e. The average Bonchev–Trinajstić information content (AvgIpc) is 2.74.